The Bertz CT molecular complexity index is 5000. The lowest BCUT2D eigenvalue weighted by atomic mass is 10.0. The molecule has 10 heterocycles. The van der Waals surface area contributed by atoms with Gasteiger partial charge in [0.05, 0.1) is 45.1 Å². The van der Waals surface area contributed by atoms with Gasteiger partial charge in [0.2, 0.25) is 11.8 Å². The Morgan fingerprint density at radius 3 is 1.10 bits per heavy atom. The second-order valence-electron chi connectivity index (χ2n) is 41.1. The van der Waals surface area contributed by atoms with E-state index in [0.29, 0.717) is 296 Å². The number of carbonyl (C=O) groups is 10. The molecule has 0 atom stereocenters. The van der Waals surface area contributed by atoms with Crippen LogP contribution in [0.1, 0.15) is 340 Å². The van der Waals surface area contributed by atoms with Crippen LogP contribution in [-0.4, -0.2) is 139 Å². The van der Waals surface area contributed by atoms with E-state index in [2.05, 4.69) is 178 Å². The maximum Gasteiger partial charge on any atom is 0.216 e. The largest absolute Gasteiger partial charge is 0.496 e. The molecule has 27 heteroatoms. The van der Waals surface area contributed by atoms with Gasteiger partial charge in [0, 0.05) is 224 Å². The van der Waals surface area contributed by atoms with Gasteiger partial charge in [-0.3, -0.25) is 67.9 Å². The Balaban J connectivity index is 0.000000817. The average Bonchev–Trinajstić information content (AvgIpc) is 1.89. The molecule has 27 nitrogen and oxygen atoms in total. The van der Waals surface area contributed by atoms with E-state index in [1.54, 1.807) is 89.4 Å². The van der Waals surface area contributed by atoms with Gasteiger partial charge in [-0.25, -0.2) is 19.9 Å². The number of aryl methyl sites for hydroxylation is 13. The Labute approximate surface area is 879 Å². The van der Waals surface area contributed by atoms with Crippen LogP contribution in [0.3, 0.4) is 0 Å². The van der Waals surface area contributed by atoms with Crippen molar-refractivity contribution in [3.63, 3.8) is 0 Å². The standard InChI is InChI=1S/3C13H19NO2.3C13H19NO.2C11H16N2O.2C10H15NO2/c1-10(2)8-12(15)5-4-11-9-14-7-6-13(11)16-3;1-10(2)9-12(15)7-6-11-5-4-8-14-13(11)16-3;1-10(2)9-12(15)8-7-11-5-4-6-13(14-11)16-3;1-10(2)8-13(15)5-4-12-9-14-7-6-11(12)3;1-10(2)9-13(15)7-6-12-5-4-8-14-11(12)3;1-10(2)9-13(15)8-7-12-6-4-5-11(3)14-12;1-9(2)7-11(14)4-3-10-5-6-12-13-8-10;1-9(2)8-11(14)6-5-10-4-3-7-12-13-10;1-8(2)5-10(12)4-3-9-6-13-7-11-9;1-8(2)7-9(12)3-4-10-11-5-6-13-10/h6-7,9-10H,4-5,8H2,1-3H3;4-5,8,10H,6-7,9H2,1-3H3;4-6,10H,7-9H2,1-3H3;6-7,9-10H,4-5,8H2,1-3H3;4-5,8,10H,6-7,9H2,1-3H3;4-6,10H,7-9H2,1-3H3;5-6,8-9H,3-4,7H2,1-2H3;3-4,7,9H,5-6,8H2,1-2H3;6-8H,3-5H2,1-2H3;5-6,8H,3-4,7H2,1-2H3. The summed E-state index contributed by atoms with van der Waals surface area (Å²) in [5.41, 5.74) is 12.4. The number of rotatable bonds is 53. The molecule has 0 fully saturated rings. The second-order valence-corrected chi connectivity index (χ2v) is 41.1. The fourth-order valence-corrected chi connectivity index (χ4v) is 14.5. The Morgan fingerprint density at radius 1 is 0.299 bits per heavy atom. The van der Waals surface area contributed by atoms with Gasteiger partial charge >= 0.3 is 0 Å². The molecule has 0 saturated heterocycles. The normalized spacial score (nSPS) is 10.6. The molecule has 10 rings (SSSR count). The van der Waals surface area contributed by atoms with E-state index >= 15 is 0 Å². The highest BCUT2D eigenvalue weighted by atomic mass is 16.5. The summed E-state index contributed by atoms with van der Waals surface area (Å²) in [7, 11) is 4.83. The molecule has 0 amide bonds. The van der Waals surface area contributed by atoms with Crippen molar-refractivity contribution in [1.29, 1.82) is 0 Å². The first-order chi connectivity index (χ1) is 69.9. The van der Waals surface area contributed by atoms with Crippen LogP contribution < -0.4 is 14.2 Å². The van der Waals surface area contributed by atoms with E-state index in [-0.39, 0.29) is 5.78 Å². The van der Waals surface area contributed by atoms with Crippen LogP contribution in [0, 0.1) is 80.0 Å². The van der Waals surface area contributed by atoms with Crippen molar-refractivity contribution in [2.24, 2.45) is 59.2 Å². The minimum atomic E-state index is 0.285. The van der Waals surface area contributed by atoms with E-state index in [1.165, 1.54) is 29.3 Å². The van der Waals surface area contributed by atoms with Crippen LogP contribution >= 0.6 is 0 Å². The first-order valence-corrected chi connectivity index (χ1v) is 52.5. The highest BCUT2D eigenvalue weighted by Gasteiger charge is 2.17. The van der Waals surface area contributed by atoms with Gasteiger partial charge < -0.3 is 23.0 Å². The van der Waals surface area contributed by atoms with E-state index in [0.717, 1.165) is 82.3 Å². The van der Waals surface area contributed by atoms with Crippen LogP contribution in [0.5, 0.6) is 17.5 Å². The number of ketones is 10. The first-order valence-electron chi connectivity index (χ1n) is 52.5. The summed E-state index contributed by atoms with van der Waals surface area (Å²) in [6, 6.07) is 28.8. The number of hydrogen-bond acceptors (Lipinski definition) is 27. The summed E-state index contributed by atoms with van der Waals surface area (Å²) in [6.45, 7) is 47.2. The third-order valence-electron chi connectivity index (χ3n) is 21.6. The summed E-state index contributed by atoms with van der Waals surface area (Å²) in [5, 5.41) is 15.1. The Morgan fingerprint density at radius 2 is 0.694 bits per heavy atom. The zero-order valence-electron chi connectivity index (χ0n) is 93.6. The molecule has 10 aromatic heterocycles. The maximum absolute atomic E-state index is 11.6. The summed E-state index contributed by atoms with van der Waals surface area (Å²) < 4.78 is 25.2. The number of pyridine rings is 6. The van der Waals surface area contributed by atoms with Gasteiger partial charge in [-0.15, -0.1) is 0 Å². The summed E-state index contributed by atoms with van der Waals surface area (Å²) >= 11 is 0. The molecule has 806 valence electrons. The number of nitrogens with zero attached hydrogens (tertiary/aromatic N) is 12. The highest BCUT2D eigenvalue weighted by Crippen LogP contribution is 2.22. The van der Waals surface area contributed by atoms with Gasteiger partial charge in [0.1, 0.15) is 76.1 Å². The van der Waals surface area contributed by atoms with E-state index in [1.807, 2.05) is 133 Å². The zero-order valence-corrected chi connectivity index (χ0v) is 93.6. The smallest absolute Gasteiger partial charge is 0.216 e. The maximum atomic E-state index is 11.6. The number of aromatic nitrogens is 12. The van der Waals surface area contributed by atoms with Crippen molar-refractivity contribution in [1.82, 2.24) is 60.3 Å². The van der Waals surface area contributed by atoms with Crippen molar-refractivity contribution in [3.05, 3.63) is 245 Å². The summed E-state index contributed by atoms with van der Waals surface area (Å²) in [4.78, 5) is 147. The van der Waals surface area contributed by atoms with E-state index in [4.69, 9.17) is 23.0 Å². The van der Waals surface area contributed by atoms with E-state index in [9.17, 15) is 47.9 Å². The molecule has 0 spiro atoms. The fourth-order valence-electron chi connectivity index (χ4n) is 14.5. The number of carbonyl (C=O) groups excluding carboxylic acids is 10. The van der Waals surface area contributed by atoms with Crippen LogP contribution in [0.25, 0.3) is 0 Å². The second kappa shape index (κ2) is 80.7. The quantitative estimate of drug-likeness (QED) is 0.0342. The molecule has 0 aromatic carbocycles. The van der Waals surface area contributed by atoms with Gasteiger partial charge in [-0.1, -0.05) is 163 Å². The first kappa shape index (κ1) is 133. The number of oxazole rings is 2. The molecule has 147 heavy (non-hydrogen) atoms. The van der Waals surface area contributed by atoms with Crippen molar-refractivity contribution >= 4 is 57.8 Å². The number of ether oxygens (including phenoxy) is 3. The molecule has 0 radical (unpaired) electrons. The lowest BCUT2D eigenvalue weighted by molar-refractivity contribution is -0.120. The predicted molar refractivity (Wildman–Crippen MR) is 584 cm³/mol. The van der Waals surface area contributed by atoms with Gasteiger partial charge in [0.15, 0.2) is 12.3 Å². The minimum absolute atomic E-state index is 0.285. The highest BCUT2D eigenvalue weighted by molar-refractivity contribution is 5.82. The molecule has 0 bridgehead atoms. The Kier molecular flexibility index (Phi) is 72.8. The van der Waals surface area contributed by atoms with Crippen molar-refractivity contribution in [2.75, 3.05) is 21.3 Å². The predicted octanol–water partition coefficient (Wildman–Crippen LogP) is 25.2. The summed E-state index contributed by atoms with van der Waals surface area (Å²) in [5.74, 6) is 10.4. The van der Waals surface area contributed by atoms with E-state index < -0.39 is 0 Å². The fraction of sp³-hybridized carbons (Fsp3) is 0.550. The number of Topliss-reactive ketones (excluding diaryl/α,β-unsaturated/α-hetero) is 10. The van der Waals surface area contributed by atoms with Crippen molar-refractivity contribution in [3.8, 4) is 17.5 Å². The van der Waals surface area contributed by atoms with Crippen molar-refractivity contribution in [2.45, 2.75) is 352 Å². The SMILES string of the molecule is CC(C)CC(=O)CCc1cccnn1.CC(C)CC(=O)CCc1ccnnc1.CC(C)CC(=O)CCc1cocn1.CC(C)CC(=O)CCc1ncco1.COc1cccc(CCC(=O)CC(C)C)n1.COc1ccncc1CCC(=O)CC(C)C.COc1ncccc1CCC(=O)CC(C)C.Cc1cccc(CCC(=O)CC(C)C)n1.Cc1ccncc1CCC(=O)CC(C)C.Cc1ncccc1CCC(=O)CC(C)C. The molecule has 0 saturated carbocycles. The third kappa shape index (κ3) is 73.3. The molecule has 0 aliphatic carbocycles. The van der Waals surface area contributed by atoms with Crippen LogP contribution in [-0.2, 0) is 112 Å². The average molecular weight is 2030 g/mol. The minimum Gasteiger partial charge on any atom is -0.496 e. The zero-order chi connectivity index (χ0) is 110. The molecule has 0 unspecified atom stereocenters. The molecule has 0 N–H and O–H groups in total. The number of methoxy groups -OCH3 is 3. The summed E-state index contributed by atoms with van der Waals surface area (Å²) in [6.07, 6.45) is 41.7. The van der Waals surface area contributed by atoms with Gasteiger partial charge in [0.25, 0.3) is 0 Å². The molecular formula is C120H176N12O15. The number of hydrogen-bond donors (Lipinski definition) is 0. The monoisotopic (exact) mass is 2030 g/mol. The van der Waals surface area contributed by atoms with Crippen molar-refractivity contribution < 1.29 is 71.0 Å². The lowest BCUT2D eigenvalue weighted by Crippen LogP contribution is -2.05. The molecule has 0 aliphatic heterocycles. The topological polar surface area (TPSA) is 379 Å². The molecular weight excluding hydrogens is 1850 g/mol. The molecule has 0 aliphatic rings. The Hall–Kier alpha value is -12.4. The molecule has 10 aromatic rings. The lowest BCUT2D eigenvalue weighted by Gasteiger charge is -2.07. The van der Waals surface area contributed by atoms with Crippen LogP contribution in [0.15, 0.2) is 181 Å². The van der Waals surface area contributed by atoms with Gasteiger partial charge in [-0.2, -0.15) is 20.4 Å². The van der Waals surface area contributed by atoms with Crippen LogP contribution in [0.2, 0.25) is 0 Å². The van der Waals surface area contributed by atoms with Gasteiger partial charge in [-0.05, 0) is 221 Å². The van der Waals surface area contributed by atoms with Crippen LogP contribution in [0.4, 0.5) is 0 Å². The third-order valence-corrected chi connectivity index (χ3v) is 21.6.